The Morgan fingerprint density at radius 2 is 2.04 bits per heavy atom. The van der Waals surface area contributed by atoms with Crippen LogP contribution in [0, 0.1) is 0 Å². The van der Waals surface area contributed by atoms with Gasteiger partial charge in [-0.15, -0.1) is 0 Å². The minimum atomic E-state index is -0.281. The number of thioether (sulfide) groups is 1. The van der Waals surface area contributed by atoms with Crippen molar-refractivity contribution in [2.75, 3.05) is 38.5 Å². The number of imidazole rings is 1. The lowest BCUT2D eigenvalue weighted by Gasteiger charge is -2.24. The molecule has 2 saturated heterocycles. The SMILES string of the molecule is O=C(NCc1cn2c(n1)SCC2)N1CCCN(C(=O)[C@H]2CCCO2)CC1. The molecule has 0 bridgehead atoms. The predicted molar refractivity (Wildman–Crippen MR) is 96.9 cm³/mol. The molecule has 3 aliphatic rings. The third kappa shape index (κ3) is 3.83. The van der Waals surface area contributed by atoms with E-state index in [0.29, 0.717) is 39.3 Å². The van der Waals surface area contributed by atoms with Crippen LogP contribution in [0.25, 0.3) is 0 Å². The van der Waals surface area contributed by atoms with Gasteiger partial charge in [0.25, 0.3) is 5.91 Å². The van der Waals surface area contributed by atoms with Crippen molar-refractivity contribution in [1.29, 1.82) is 0 Å². The summed E-state index contributed by atoms with van der Waals surface area (Å²) in [6, 6.07) is -0.0859. The Bertz CT molecular complexity index is 652. The largest absolute Gasteiger partial charge is 0.368 e. The van der Waals surface area contributed by atoms with Gasteiger partial charge in [-0.1, -0.05) is 11.8 Å². The van der Waals surface area contributed by atoms with E-state index in [1.807, 2.05) is 11.1 Å². The fourth-order valence-electron chi connectivity index (χ4n) is 3.64. The van der Waals surface area contributed by atoms with Crippen LogP contribution in [0.5, 0.6) is 0 Å². The molecule has 9 heteroatoms. The molecule has 3 amide bonds. The van der Waals surface area contributed by atoms with Crippen LogP contribution < -0.4 is 5.32 Å². The molecule has 1 aromatic rings. The van der Waals surface area contributed by atoms with Crippen LogP contribution in [0.2, 0.25) is 0 Å². The second-order valence-corrected chi connectivity index (χ2v) is 7.94. The van der Waals surface area contributed by atoms with Gasteiger partial charge in [0, 0.05) is 51.3 Å². The summed E-state index contributed by atoms with van der Waals surface area (Å²) in [4.78, 5) is 33.1. The number of aromatic nitrogens is 2. The number of fused-ring (bicyclic) bond motifs is 1. The molecule has 0 aromatic carbocycles. The molecular formula is C17H25N5O3S. The van der Waals surface area contributed by atoms with E-state index >= 15 is 0 Å². The van der Waals surface area contributed by atoms with Gasteiger partial charge in [-0.25, -0.2) is 9.78 Å². The Kier molecular flexibility index (Phi) is 5.35. The highest BCUT2D eigenvalue weighted by atomic mass is 32.2. The van der Waals surface area contributed by atoms with Crippen molar-refractivity contribution in [3.05, 3.63) is 11.9 Å². The van der Waals surface area contributed by atoms with Gasteiger partial charge in [0.15, 0.2) is 5.16 Å². The zero-order valence-corrected chi connectivity index (χ0v) is 15.7. The molecule has 26 heavy (non-hydrogen) atoms. The second kappa shape index (κ2) is 7.87. The maximum atomic E-state index is 12.5. The van der Waals surface area contributed by atoms with Crippen LogP contribution in [0.3, 0.4) is 0 Å². The second-order valence-electron chi connectivity index (χ2n) is 6.88. The lowest BCUT2D eigenvalue weighted by atomic mass is 10.2. The van der Waals surface area contributed by atoms with E-state index in [9.17, 15) is 9.59 Å². The summed E-state index contributed by atoms with van der Waals surface area (Å²) >= 11 is 1.75. The molecular weight excluding hydrogens is 354 g/mol. The summed E-state index contributed by atoms with van der Waals surface area (Å²) in [5.74, 6) is 1.15. The van der Waals surface area contributed by atoms with Crippen molar-refractivity contribution in [2.24, 2.45) is 0 Å². The number of hydrogen-bond donors (Lipinski definition) is 1. The van der Waals surface area contributed by atoms with E-state index in [1.165, 1.54) is 0 Å². The number of aryl methyl sites for hydroxylation is 1. The summed E-state index contributed by atoms with van der Waals surface area (Å²) in [6.45, 7) is 4.58. The third-order valence-corrected chi connectivity index (χ3v) is 6.04. The number of nitrogens with one attached hydrogen (secondary N) is 1. The van der Waals surface area contributed by atoms with Crippen LogP contribution in [0.4, 0.5) is 4.79 Å². The molecule has 1 aromatic heterocycles. The molecule has 0 aliphatic carbocycles. The lowest BCUT2D eigenvalue weighted by molar-refractivity contribution is -0.140. The first kappa shape index (κ1) is 17.7. The van der Waals surface area contributed by atoms with Crippen LogP contribution in [0.1, 0.15) is 25.0 Å². The summed E-state index contributed by atoms with van der Waals surface area (Å²) in [5.41, 5.74) is 0.894. The van der Waals surface area contributed by atoms with Crippen LogP contribution in [-0.2, 0) is 22.6 Å². The molecule has 8 nitrogen and oxygen atoms in total. The lowest BCUT2D eigenvalue weighted by Crippen LogP contribution is -2.44. The third-order valence-electron chi connectivity index (χ3n) is 5.07. The standard InChI is InChI=1S/C17H25N5O3S/c23-15(14-3-1-9-25-14)20-4-2-5-21(7-6-20)16(24)18-11-13-12-22-8-10-26-17(22)19-13/h12,14H,1-11H2,(H,18,24)/t14-/m1/s1. The van der Waals surface area contributed by atoms with E-state index in [1.54, 1.807) is 16.7 Å². The highest BCUT2D eigenvalue weighted by molar-refractivity contribution is 7.99. The van der Waals surface area contributed by atoms with Gasteiger partial charge < -0.3 is 24.4 Å². The topological polar surface area (TPSA) is 79.7 Å². The quantitative estimate of drug-likeness (QED) is 0.845. The molecule has 4 rings (SSSR count). The molecule has 1 N–H and O–H groups in total. The Morgan fingerprint density at radius 3 is 2.85 bits per heavy atom. The minimum absolute atomic E-state index is 0.0785. The number of carbonyl (C=O) groups is 2. The zero-order valence-electron chi connectivity index (χ0n) is 14.9. The number of carbonyl (C=O) groups excluding carboxylic acids is 2. The summed E-state index contributed by atoms with van der Waals surface area (Å²) in [6.07, 6.45) is 4.29. The van der Waals surface area contributed by atoms with Crippen molar-refractivity contribution in [2.45, 2.75) is 43.6 Å². The monoisotopic (exact) mass is 379 g/mol. The summed E-state index contributed by atoms with van der Waals surface area (Å²) < 4.78 is 7.63. The fraction of sp³-hybridized carbons (Fsp3) is 0.706. The van der Waals surface area contributed by atoms with E-state index in [0.717, 1.165) is 42.4 Å². The molecule has 0 radical (unpaired) electrons. The van der Waals surface area contributed by atoms with E-state index in [4.69, 9.17) is 4.74 Å². The van der Waals surface area contributed by atoms with Gasteiger partial charge >= 0.3 is 6.03 Å². The smallest absolute Gasteiger partial charge is 0.317 e. The van der Waals surface area contributed by atoms with Crippen molar-refractivity contribution in [1.82, 2.24) is 24.7 Å². The van der Waals surface area contributed by atoms with Gasteiger partial charge in [0.05, 0.1) is 12.2 Å². The highest BCUT2D eigenvalue weighted by Gasteiger charge is 2.30. The molecule has 4 heterocycles. The Hall–Kier alpha value is -1.74. The number of urea groups is 1. The Labute approximate surface area is 157 Å². The average molecular weight is 379 g/mol. The molecule has 2 fully saturated rings. The van der Waals surface area contributed by atoms with Gasteiger partial charge in [0.1, 0.15) is 6.10 Å². The van der Waals surface area contributed by atoms with Crippen molar-refractivity contribution in [3.63, 3.8) is 0 Å². The van der Waals surface area contributed by atoms with E-state index in [2.05, 4.69) is 14.9 Å². The van der Waals surface area contributed by atoms with Crippen molar-refractivity contribution < 1.29 is 14.3 Å². The summed E-state index contributed by atoms with van der Waals surface area (Å²) in [7, 11) is 0. The molecule has 0 spiro atoms. The molecule has 0 saturated carbocycles. The number of nitrogens with zero attached hydrogens (tertiary/aromatic N) is 4. The average Bonchev–Trinajstić information content (AvgIpc) is 3.33. The Morgan fingerprint density at radius 1 is 1.19 bits per heavy atom. The van der Waals surface area contributed by atoms with Crippen LogP contribution >= 0.6 is 11.8 Å². The van der Waals surface area contributed by atoms with Crippen molar-refractivity contribution in [3.8, 4) is 0 Å². The van der Waals surface area contributed by atoms with Gasteiger partial charge in [0.2, 0.25) is 0 Å². The van der Waals surface area contributed by atoms with Crippen molar-refractivity contribution >= 4 is 23.7 Å². The van der Waals surface area contributed by atoms with Crippen LogP contribution in [0.15, 0.2) is 11.4 Å². The first-order chi connectivity index (χ1) is 12.7. The molecule has 0 unspecified atom stereocenters. The summed E-state index contributed by atoms with van der Waals surface area (Å²) in [5, 5.41) is 3.99. The van der Waals surface area contributed by atoms with Gasteiger partial charge in [-0.2, -0.15) is 0 Å². The van der Waals surface area contributed by atoms with Gasteiger partial charge in [-0.3, -0.25) is 4.79 Å². The predicted octanol–water partition coefficient (Wildman–Crippen LogP) is 0.912. The van der Waals surface area contributed by atoms with E-state index in [-0.39, 0.29) is 18.0 Å². The first-order valence-corrected chi connectivity index (χ1v) is 10.3. The highest BCUT2D eigenvalue weighted by Crippen LogP contribution is 2.24. The Balaban J connectivity index is 1.26. The zero-order chi connectivity index (χ0) is 17.9. The molecule has 1 atom stereocenters. The number of hydrogen-bond acceptors (Lipinski definition) is 5. The number of rotatable bonds is 3. The minimum Gasteiger partial charge on any atom is -0.368 e. The normalized spacial score (nSPS) is 23.0. The van der Waals surface area contributed by atoms with Crippen LogP contribution in [-0.4, -0.2) is 75.9 Å². The van der Waals surface area contributed by atoms with E-state index < -0.39 is 0 Å². The maximum Gasteiger partial charge on any atom is 0.317 e. The van der Waals surface area contributed by atoms with Gasteiger partial charge in [-0.05, 0) is 19.3 Å². The number of amides is 3. The number of ether oxygens (including phenoxy) is 1. The first-order valence-electron chi connectivity index (χ1n) is 9.33. The molecule has 3 aliphatic heterocycles. The molecule has 142 valence electrons. The maximum absolute atomic E-state index is 12.5. The fourth-order valence-corrected chi connectivity index (χ4v) is 4.60.